The fraction of sp³-hybridized carbons (Fsp3) is 0.240. The molecule has 1 atom stereocenters. The molecule has 0 aliphatic heterocycles. The van der Waals surface area contributed by atoms with Crippen molar-refractivity contribution in [2.75, 3.05) is 5.75 Å². The molecule has 4 aromatic rings. The SMILES string of the molecule is Cc1coc2cc3oc(=O)c(CC(=O)N[C@@H](CSCc4ccccc4)C(=O)[O-])c(C)c3cc12. The van der Waals surface area contributed by atoms with Crippen molar-refractivity contribution < 1.29 is 23.5 Å². The van der Waals surface area contributed by atoms with Crippen LogP contribution in [0.25, 0.3) is 21.9 Å². The summed E-state index contributed by atoms with van der Waals surface area (Å²) in [7, 11) is 0. The van der Waals surface area contributed by atoms with Gasteiger partial charge in [0, 0.05) is 28.3 Å². The van der Waals surface area contributed by atoms with E-state index in [1.54, 1.807) is 19.3 Å². The van der Waals surface area contributed by atoms with Crippen LogP contribution in [-0.4, -0.2) is 23.7 Å². The zero-order chi connectivity index (χ0) is 23.5. The van der Waals surface area contributed by atoms with Gasteiger partial charge in [-0.25, -0.2) is 4.79 Å². The second kappa shape index (κ2) is 9.54. The van der Waals surface area contributed by atoms with E-state index in [-0.39, 0.29) is 17.7 Å². The molecule has 0 bridgehead atoms. The van der Waals surface area contributed by atoms with Crippen LogP contribution in [0.3, 0.4) is 0 Å². The molecule has 8 heteroatoms. The number of thioether (sulfide) groups is 1. The quantitative estimate of drug-likeness (QED) is 0.399. The number of hydrogen-bond acceptors (Lipinski definition) is 7. The molecular weight excluding hydrogens is 442 g/mol. The number of amides is 1. The topological polar surface area (TPSA) is 113 Å². The molecule has 1 N–H and O–H groups in total. The molecule has 0 saturated carbocycles. The van der Waals surface area contributed by atoms with Gasteiger partial charge >= 0.3 is 5.63 Å². The predicted molar refractivity (Wildman–Crippen MR) is 125 cm³/mol. The summed E-state index contributed by atoms with van der Waals surface area (Å²) >= 11 is 1.38. The zero-order valence-corrected chi connectivity index (χ0v) is 19.0. The second-order valence-corrected chi connectivity index (χ2v) is 8.90. The van der Waals surface area contributed by atoms with E-state index < -0.39 is 23.5 Å². The number of carbonyl (C=O) groups excluding carboxylic acids is 2. The van der Waals surface area contributed by atoms with E-state index in [4.69, 9.17) is 8.83 Å². The minimum atomic E-state index is -1.37. The van der Waals surface area contributed by atoms with Gasteiger partial charge in [-0.3, -0.25) is 4.79 Å². The Balaban J connectivity index is 1.49. The number of benzene rings is 2. The molecule has 0 spiro atoms. The first-order valence-electron chi connectivity index (χ1n) is 10.4. The molecule has 170 valence electrons. The normalized spacial score (nSPS) is 12.2. The number of rotatable bonds is 8. The van der Waals surface area contributed by atoms with Crippen molar-refractivity contribution in [1.29, 1.82) is 0 Å². The molecule has 0 saturated heterocycles. The lowest BCUT2D eigenvalue weighted by Gasteiger charge is -2.19. The Labute approximate surface area is 193 Å². The van der Waals surface area contributed by atoms with Crippen molar-refractivity contribution >= 4 is 45.6 Å². The lowest BCUT2D eigenvalue weighted by molar-refractivity contribution is -0.307. The molecule has 7 nitrogen and oxygen atoms in total. The van der Waals surface area contributed by atoms with Gasteiger partial charge < -0.3 is 24.1 Å². The fourth-order valence-corrected chi connectivity index (χ4v) is 4.69. The molecule has 33 heavy (non-hydrogen) atoms. The Hall–Kier alpha value is -3.52. The lowest BCUT2D eigenvalue weighted by atomic mass is 10.0. The molecule has 0 radical (unpaired) electrons. The summed E-state index contributed by atoms with van der Waals surface area (Å²) in [6, 6.07) is 12.0. The van der Waals surface area contributed by atoms with Gasteiger partial charge in [0.25, 0.3) is 0 Å². The van der Waals surface area contributed by atoms with Crippen LogP contribution in [0.15, 0.2) is 62.4 Å². The van der Waals surface area contributed by atoms with E-state index in [0.29, 0.717) is 27.9 Å². The number of aliphatic carboxylic acids is 1. The number of carbonyl (C=O) groups is 2. The van der Waals surface area contributed by atoms with Gasteiger partial charge in [-0.2, -0.15) is 11.8 Å². The maximum absolute atomic E-state index is 12.6. The van der Waals surface area contributed by atoms with Gasteiger partial charge in [-0.15, -0.1) is 0 Å². The van der Waals surface area contributed by atoms with Gasteiger partial charge in [0.2, 0.25) is 5.91 Å². The van der Waals surface area contributed by atoms with Crippen molar-refractivity contribution in [2.45, 2.75) is 32.1 Å². The molecule has 2 heterocycles. The molecule has 0 unspecified atom stereocenters. The molecule has 4 rings (SSSR count). The molecule has 2 aromatic carbocycles. The minimum absolute atomic E-state index is 0.145. The zero-order valence-electron chi connectivity index (χ0n) is 18.2. The van der Waals surface area contributed by atoms with Crippen molar-refractivity contribution in [3.05, 3.63) is 81.4 Å². The Kier molecular flexibility index (Phi) is 6.55. The van der Waals surface area contributed by atoms with E-state index in [1.165, 1.54) is 11.8 Å². The molecule has 0 fully saturated rings. The van der Waals surface area contributed by atoms with E-state index in [2.05, 4.69) is 5.32 Å². The van der Waals surface area contributed by atoms with Crippen molar-refractivity contribution in [2.24, 2.45) is 0 Å². The van der Waals surface area contributed by atoms with Crippen LogP contribution in [0.1, 0.15) is 22.3 Å². The third kappa shape index (κ3) is 4.96. The maximum atomic E-state index is 12.6. The highest BCUT2D eigenvalue weighted by Gasteiger charge is 2.19. The average molecular weight is 465 g/mol. The number of hydrogen-bond donors (Lipinski definition) is 1. The van der Waals surface area contributed by atoms with E-state index in [0.717, 1.165) is 16.5 Å². The first-order chi connectivity index (χ1) is 15.8. The summed E-state index contributed by atoms with van der Waals surface area (Å²) < 4.78 is 10.9. The number of carboxylic acid groups (broad SMARTS) is 1. The van der Waals surface area contributed by atoms with Gasteiger partial charge in [-0.05, 0) is 36.6 Å². The van der Waals surface area contributed by atoms with Crippen LogP contribution in [0.2, 0.25) is 0 Å². The molecule has 2 aromatic heterocycles. The summed E-state index contributed by atoms with van der Waals surface area (Å²) in [6.45, 7) is 3.66. The number of furan rings is 1. The van der Waals surface area contributed by atoms with Crippen LogP contribution >= 0.6 is 11.8 Å². The maximum Gasteiger partial charge on any atom is 0.340 e. The molecule has 0 aliphatic carbocycles. The standard InChI is InChI=1S/C25H23NO6S/c1-14-11-31-21-10-22-18(8-17(14)21)15(2)19(25(30)32-22)9-23(27)26-20(24(28)29)13-33-12-16-6-4-3-5-7-16/h3-8,10-11,20H,9,12-13H2,1-2H3,(H,26,27)(H,28,29)/p-1/t20-/m0/s1. The highest BCUT2D eigenvalue weighted by Crippen LogP contribution is 2.28. The summed E-state index contributed by atoms with van der Waals surface area (Å²) in [5, 5.41) is 15.6. The number of aryl methyl sites for hydroxylation is 2. The highest BCUT2D eigenvalue weighted by molar-refractivity contribution is 7.98. The van der Waals surface area contributed by atoms with Gasteiger partial charge in [-0.1, -0.05) is 30.3 Å². The largest absolute Gasteiger partial charge is 0.548 e. The van der Waals surface area contributed by atoms with Crippen molar-refractivity contribution in [3.63, 3.8) is 0 Å². The Morgan fingerprint density at radius 3 is 2.58 bits per heavy atom. The van der Waals surface area contributed by atoms with Gasteiger partial charge in [0.1, 0.15) is 11.2 Å². The Morgan fingerprint density at radius 1 is 1.09 bits per heavy atom. The summed E-state index contributed by atoms with van der Waals surface area (Å²) in [4.78, 5) is 36.7. The van der Waals surface area contributed by atoms with Crippen LogP contribution in [0, 0.1) is 13.8 Å². The smallest absolute Gasteiger partial charge is 0.340 e. The second-order valence-electron chi connectivity index (χ2n) is 7.87. The third-order valence-electron chi connectivity index (χ3n) is 5.53. The van der Waals surface area contributed by atoms with Crippen LogP contribution < -0.4 is 16.0 Å². The van der Waals surface area contributed by atoms with E-state index >= 15 is 0 Å². The van der Waals surface area contributed by atoms with Crippen LogP contribution in [0.5, 0.6) is 0 Å². The fourth-order valence-electron chi connectivity index (χ4n) is 3.68. The van der Waals surface area contributed by atoms with Crippen molar-refractivity contribution in [3.8, 4) is 0 Å². The Morgan fingerprint density at radius 2 is 1.85 bits per heavy atom. The number of carboxylic acids is 1. The highest BCUT2D eigenvalue weighted by atomic mass is 32.2. The first-order valence-corrected chi connectivity index (χ1v) is 11.5. The minimum Gasteiger partial charge on any atom is -0.548 e. The predicted octanol–water partition coefficient (Wildman–Crippen LogP) is 2.87. The average Bonchev–Trinajstić information content (AvgIpc) is 3.15. The summed E-state index contributed by atoms with van der Waals surface area (Å²) in [5.41, 5.74) is 3.14. The lowest BCUT2D eigenvalue weighted by Crippen LogP contribution is -2.50. The van der Waals surface area contributed by atoms with Gasteiger partial charge in [0.05, 0.1) is 30.3 Å². The third-order valence-corrected chi connectivity index (χ3v) is 6.63. The Bertz CT molecular complexity index is 1390. The van der Waals surface area contributed by atoms with Crippen molar-refractivity contribution in [1.82, 2.24) is 5.32 Å². The van der Waals surface area contributed by atoms with Crippen LogP contribution in [0.4, 0.5) is 0 Å². The molecular formula is C25H22NO6S-. The number of nitrogens with one attached hydrogen (secondary N) is 1. The summed E-state index contributed by atoms with van der Waals surface area (Å²) in [5.74, 6) is -1.20. The first kappa shape index (κ1) is 22.7. The molecule has 1 amide bonds. The van der Waals surface area contributed by atoms with Crippen LogP contribution in [-0.2, 0) is 21.8 Å². The summed E-state index contributed by atoms with van der Waals surface area (Å²) in [6.07, 6.45) is 1.33. The van der Waals surface area contributed by atoms with E-state index in [9.17, 15) is 19.5 Å². The number of fused-ring (bicyclic) bond motifs is 2. The monoisotopic (exact) mass is 464 g/mol. The van der Waals surface area contributed by atoms with Gasteiger partial charge in [0.15, 0.2) is 0 Å². The van der Waals surface area contributed by atoms with E-state index in [1.807, 2.05) is 43.3 Å². The molecule has 0 aliphatic rings.